The molecule has 0 aromatic carbocycles. The maximum Gasteiger partial charge on any atom is 0.129 e. The molecule has 3 heteroatoms. The molecule has 3 nitrogen and oxygen atoms in total. The summed E-state index contributed by atoms with van der Waals surface area (Å²) < 4.78 is 6.21. The summed E-state index contributed by atoms with van der Waals surface area (Å²) in [6.45, 7) is 3.85. The number of hydrogen-bond donors (Lipinski definition) is 1. The first-order valence-corrected chi connectivity index (χ1v) is 8.28. The molecular weight excluding hydrogens is 264 g/mol. The predicted molar refractivity (Wildman–Crippen MR) is 81.7 cm³/mol. The Kier molecular flexibility index (Phi) is 3.96. The Bertz CT molecular complexity index is 503. The van der Waals surface area contributed by atoms with Crippen molar-refractivity contribution in [3.05, 3.63) is 23.0 Å². The number of ketones is 1. The van der Waals surface area contributed by atoms with Crippen molar-refractivity contribution < 1.29 is 14.6 Å². The first-order valence-electron chi connectivity index (χ1n) is 8.28. The van der Waals surface area contributed by atoms with Crippen LogP contribution in [0.15, 0.2) is 23.0 Å². The van der Waals surface area contributed by atoms with Crippen LogP contribution >= 0.6 is 0 Å². The number of aliphatic hydroxyl groups is 1. The fourth-order valence-corrected chi connectivity index (χ4v) is 4.10. The van der Waals surface area contributed by atoms with Crippen molar-refractivity contribution in [1.82, 2.24) is 0 Å². The number of carbonyl (C=O) groups excluding carboxylic acids is 1. The van der Waals surface area contributed by atoms with Gasteiger partial charge in [-0.2, -0.15) is 0 Å². The molecule has 3 aliphatic rings. The lowest BCUT2D eigenvalue weighted by atomic mass is 9.69. The molecule has 0 aromatic heterocycles. The van der Waals surface area contributed by atoms with E-state index in [-0.39, 0.29) is 23.4 Å². The minimum Gasteiger partial charge on any atom is -0.494 e. The summed E-state index contributed by atoms with van der Waals surface area (Å²) in [5.74, 6) is 1.43. The normalized spacial score (nSPS) is 34.9. The molecule has 1 heterocycles. The third-order valence-corrected chi connectivity index (χ3v) is 5.51. The molecule has 0 fully saturated rings. The van der Waals surface area contributed by atoms with Crippen molar-refractivity contribution in [1.29, 1.82) is 0 Å². The van der Waals surface area contributed by atoms with Gasteiger partial charge in [0.1, 0.15) is 5.78 Å². The van der Waals surface area contributed by atoms with Gasteiger partial charge < -0.3 is 14.6 Å². The van der Waals surface area contributed by atoms with E-state index in [0.29, 0.717) is 6.42 Å². The highest BCUT2D eigenvalue weighted by Crippen LogP contribution is 2.53. The molecule has 1 unspecified atom stereocenters. The molecule has 1 aliphatic heterocycles. The number of ether oxygens (including phenoxy) is 1. The van der Waals surface area contributed by atoms with Gasteiger partial charge in [0.2, 0.25) is 0 Å². The van der Waals surface area contributed by atoms with Gasteiger partial charge in [0.15, 0.2) is 0 Å². The average Bonchev–Trinajstić information content (AvgIpc) is 2.75. The molecule has 0 amide bonds. The van der Waals surface area contributed by atoms with E-state index >= 15 is 0 Å². The third kappa shape index (κ3) is 2.68. The van der Waals surface area contributed by atoms with E-state index in [4.69, 9.17) is 4.74 Å². The second-order valence-corrected chi connectivity index (χ2v) is 7.06. The Morgan fingerprint density at radius 2 is 2.29 bits per heavy atom. The number of rotatable bonds is 4. The van der Waals surface area contributed by atoms with E-state index in [9.17, 15) is 9.90 Å². The molecule has 116 valence electrons. The summed E-state index contributed by atoms with van der Waals surface area (Å²) in [5, 5.41) is 10.2. The molecule has 0 radical (unpaired) electrons. The number of hydrogen-bond acceptors (Lipinski definition) is 3. The number of aliphatic hydroxyl groups excluding tert-OH is 1. The topological polar surface area (TPSA) is 46.5 Å². The summed E-state index contributed by atoms with van der Waals surface area (Å²) in [4.78, 5) is 11.0. The van der Waals surface area contributed by atoms with Crippen LogP contribution in [0.1, 0.15) is 65.2 Å². The number of carbonyl (C=O) groups is 1. The fourth-order valence-electron chi connectivity index (χ4n) is 4.10. The number of fused-ring (bicyclic) bond motifs is 2. The van der Waals surface area contributed by atoms with Crippen LogP contribution in [0.5, 0.6) is 0 Å². The van der Waals surface area contributed by atoms with Crippen LogP contribution in [0.2, 0.25) is 0 Å². The quantitative estimate of drug-likeness (QED) is 0.859. The monoisotopic (exact) mass is 290 g/mol. The summed E-state index contributed by atoms with van der Waals surface area (Å²) in [5.41, 5.74) is 2.66. The largest absolute Gasteiger partial charge is 0.494 e. The van der Waals surface area contributed by atoms with Crippen LogP contribution in [0.3, 0.4) is 0 Å². The van der Waals surface area contributed by atoms with Gasteiger partial charge in [-0.3, -0.25) is 0 Å². The van der Waals surface area contributed by atoms with Gasteiger partial charge in [-0.05, 0) is 56.6 Å². The zero-order valence-electron chi connectivity index (χ0n) is 13.2. The maximum atomic E-state index is 11.0. The Hall–Kier alpha value is -1.09. The SMILES string of the molecule is CC(=O)CCC[C@H]1CCC2=C(CC[C@@]3(C)C2=CCC3O)O1. The van der Waals surface area contributed by atoms with E-state index in [1.165, 1.54) is 11.1 Å². The highest BCUT2D eigenvalue weighted by molar-refractivity contribution is 5.75. The van der Waals surface area contributed by atoms with E-state index < -0.39 is 0 Å². The van der Waals surface area contributed by atoms with Gasteiger partial charge in [0.05, 0.1) is 18.0 Å². The van der Waals surface area contributed by atoms with Gasteiger partial charge in [0, 0.05) is 18.3 Å². The summed E-state index contributed by atoms with van der Waals surface area (Å²) >= 11 is 0. The molecule has 0 saturated heterocycles. The van der Waals surface area contributed by atoms with E-state index in [1.807, 2.05) is 0 Å². The zero-order chi connectivity index (χ0) is 15.0. The van der Waals surface area contributed by atoms with Crippen molar-refractivity contribution >= 4 is 5.78 Å². The van der Waals surface area contributed by atoms with Gasteiger partial charge in [-0.15, -0.1) is 0 Å². The number of Topliss-reactive ketones (excluding diaryl/α,β-unsaturated/α-hetero) is 1. The van der Waals surface area contributed by atoms with Gasteiger partial charge in [-0.25, -0.2) is 0 Å². The van der Waals surface area contributed by atoms with Crippen molar-refractivity contribution in [3.63, 3.8) is 0 Å². The Labute approximate surface area is 127 Å². The lowest BCUT2D eigenvalue weighted by Crippen LogP contribution is -2.35. The minimum atomic E-state index is -0.227. The van der Waals surface area contributed by atoms with Crippen LogP contribution in [0.4, 0.5) is 0 Å². The summed E-state index contributed by atoms with van der Waals surface area (Å²) in [6.07, 6.45) is 9.67. The van der Waals surface area contributed by atoms with E-state index in [0.717, 1.165) is 50.7 Å². The molecule has 21 heavy (non-hydrogen) atoms. The molecular formula is C18H26O3. The molecule has 3 rings (SSSR count). The Balaban J connectivity index is 1.67. The van der Waals surface area contributed by atoms with Crippen molar-refractivity contribution in [2.24, 2.45) is 5.41 Å². The molecule has 0 bridgehead atoms. The Morgan fingerprint density at radius 3 is 3.05 bits per heavy atom. The molecule has 0 saturated carbocycles. The smallest absolute Gasteiger partial charge is 0.129 e. The fraction of sp³-hybridized carbons (Fsp3) is 0.722. The van der Waals surface area contributed by atoms with Crippen molar-refractivity contribution in [3.8, 4) is 0 Å². The van der Waals surface area contributed by atoms with Gasteiger partial charge >= 0.3 is 0 Å². The Morgan fingerprint density at radius 1 is 1.48 bits per heavy atom. The maximum absolute atomic E-state index is 11.0. The lowest BCUT2D eigenvalue weighted by Gasteiger charge is -2.41. The van der Waals surface area contributed by atoms with Crippen LogP contribution < -0.4 is 0 Å². The average molecular weight is 290 g/mol. The first-order chi connectivity index (χ1) is 10.0. The van der Waals surface area contributed by atoms with Gasteiger partial charge in [0.25, 0.3) is 0 Å². The van der Waals surface area contributed by atoms with Crippen LogP contribution in [0, 0.1) is 5.41 Å². The highest BCUT2D eigenvalue weighted by atomic mass is 16.5. The molecule has 0 aromatic rings. The lowest BCUT2D eigenvalue weighted by molar-refractivity contribution is -0.117. The highest BCUT2D eigenvalue weighted by Gasteiger charge is 2.46. The van der Waals surface area contributed by atoms with Crippen LogP contribution in [0.25, 0.3) is 0 Å². The number of allylic oxidation sites excluding steroid dienone is 2. The second-order valence-electron chi connectivity index (χ2n) is 7.06. The van der Waals surface area contributed by atoms with Gasteiger partial charge in [-0.1, -0.05) is 13.0 Å². The van der Waals surface area contributed by atoms with Crippen molar-refractivity contribution in [2.45, 2.75) is 77.4 Å². The summed E-state index contributed by atoms with van der Waals surface area (Å²) in [7, 11) is 0. The summed E-state index contributed by atoms with van der Waals surface area (Å²) in [6, 6.07) is 0. The second kappa shape index (κ2) is 5.60. The standard InChI is InChI=1S/C18H26O3/c1-12(19)4-3-5-13-6-7-14-15-8-9-17(20)18(15,2)11-10-16(14)21-13/h8,13,17,20H,3-7,9-11H2,1-2H3/t13-,17?,18-/m0/s1. The minimum absolute atomic E-state index is 0.0519. The molecule has 1 N–H and O–H groups in total. The van der Waals surface area contributed by atoms with Crippen LogP contribution in [-0.2, 0) is 9.53 Å². The van der Waals surface area contributed by atoms with Crippen molar-refractivity contribution in [2.75, 3.05) is 0 Å². The molecule has 0 spiro atoms. The van der Waals surface area contributed by atoms with E-state index in [1.54, 1.807) is 6.92 Å². The molecule has 2 aliphatic carbocycles. The first kappa shape index (κ1) is 14.8. The zero-order valence-corrected chi connectivity index (χ0v) is 13.2. The van der Waals surface area contributed by atoms with Crippen LogP contribution in [-0.4, -0.2) is 23.1 Å². The third-order valence-electron chi connectivity index (χ3n) is 5.51. The molecule has 3 atom stereocenters. The van der Waals surface area contributed by atoms with E-state index in [2.05, 4.69) is 13.0 Å². The predicted octanol–water partition coefficient (Wildman–Crippen LogP) is 3.67.